The minimum atomic E-state index is 0.177. The Hall–Kier alpha value is -0.730. The molecule has 17 heavy (non-hydrogen) atoms. The summed E-state index contributed by atoms with van der Waals surface area (Å²) in [5, 5.41) is 3.22. The van der Waals surface area contributed by atoms with E-state index in [1.54, 1.807) is 0 Å². The molecule has 98 valence electrons. The van der Waals surface area contributed by atoms with E-state index in [0.29, 0.717) is 6.04 Å². The lowest BCUT2D eigenvalue weighted by Crippen LogP contribution is -2.48. The van der Waals surface area contributed by atoms with Gasteiger partial charge in [0, 0.05) is 19.1 Å². The molecule has 1 saturated carbocycles. The van der Waals surface area contributed by atoms with Crippen LogP contribution in [0.3, 0.4) is 0 Å². The molecule has 1 saturated heterocycles. The Bertz CT molecular complexity index is 259. The largest absolute Gasteiger partial charge is 0.335 e. The molecule has 0 aromatic rings. The molecular weight excluding hydrogens is 212 g/mol. The van der Waals surface area contributed by atoms with Crippen LogP contribution < -0.4 is 5.32 Å². The van der Waals surface area contributed by atoms with Crippen molar-refractivity contribution in [2.45, 2.75) is 58.4 Å². The Morgan fingerprint density at radius 1 is 1.06 bits per heavy atom. The first kappa shape index (κ1) is 12.7. The Kier molecular flexibility index (Phi) is 4.30. The predicted octanol–water partition coefficient (Wildman–Crippen LogP) is 3.01. The molecule has 2 unspecified atom stereocenters. The van der Waals surface area contributed by atoms with Crippen LogP contribution in [0.2, 0.25) is 0 Å². The number of hydrogen-bond acceptors (Lipinski definition) is 1. The van der Waals surface area contributed by atoms with E-state index < -0.39 is 0 Å². The van der Waals surface area contributed by atoms with Gasteiger partial charge in [0.15, 0.2) is 0 Å². The maximum Gasteiger partial charge on any atom is 0.317 e. The van der Waals surface area contributed by atoms with E-state index in [4.69, 9.17) is 0 Å². The zero-order valence-electron chi connectivity index (χ0n) is 11.2. The SMILES string of the molecule is CC1CCN(C(=O)NC2CCCC(C)C2)CC1. The second-order valence-electron chi connectivity index (χ2n) is 6.09. The molecular formula is C14H26N2O. The van der Waals surface area contributed by atoms with Crippen molar-refractivity contribution in [3.63, 3.8) is 0 Å². The fourth-order valence-corrected chi connectivity index (χ4v) is 3.04. The van der Waals surface area contributed by atoms with Crippen molar-refractivity contribution in [2.75, 3.05) is 13.1 Å². The third kappa shape index (κ3) is 3.62. The molecule has 1 aliphatic heterocycles. The summed E-state index contributed by atoms with van der Waals surface area (Å²) >= 11 is 0. The molecule has 3 heteroatoms. The van der Waals surface area contributed by atoms with Crippen molar-refractivity contribution in [2.24, 2.45) is 11.8 Å². The number of likely N-dealkylation sites (tertiary alicyclic amines) is 1. The third-order valence-corrected chi connectivity index (χ3v) is 4.33. The molecule has 3 nitrogen and oxygen atoms in total. The molecule has 2 amide bonds. The Morgan fingerprint density at radius 2 is 1.76 bits per heavy atom. The summed E-state index contributed by atoms with van der Waals surface area (Å²) in [6, 6.07) is 0.599. The smallest absolute Gasteiger partial charge is 0.317 e. The number of piperidine rings is 1. The maximum atomic E-state index is 12.1. The normalized spacial score (nSPS) is 31.3. The summed E-state index contributed by atoms with van der Waals surface area (Å²) in [5.41, 5.74) is 0. The lowest BCUT2D eigenvalue weighted by Gasteiger charge is -2.33. The van der Waals surface area contributed by atoms with Gasteiger partial charge in [0.05, 0.1) is 0 Å². The van der Waals surface area contributed by atoms with Gasteiger partial charge in [-0.05, 0) is 37.5 Å². The minimum absolute atomic E-state index is 0.177. The standard InChI is InChI=1S/C14H26N2O/c1-11-6-8-16(9-7-11)14(17)15-13-5-3-4-12(2)10-13/h11-13H,3-10H2,1-2H3,(H,15,17). The summed E-state index contributed by atoms with van der Waals surface area (Å²) < 4.78 is 0. The van der Waals surface area contributed by atoms with Gasteiger partial charge in [0.2, 0.25) is 0 Å². The highest BCUT2D eigenvalue weighted by Crippen LogP contribution is 2.24. The number of carbonyl (C=O) groups excluding carboxylic acids is 1. The van der Waals surface area contributed by atoms with Gasteiger partial charge in [-0.25, -0.2) is 4.79 Å². The van der Waals surface area contributed by atoms with Gasteiger partial charge < -0.3 is 10.2 Å². The number of nitrogens with one attached hydrogen (secondary N) is 1. The van der Waals surface area contributed by atoms with Crippen molar-refractivity contribution >= 4 is 6.03 Å². The summed E-state index contributed by atoms with van der Waals surface area (Å²) in [7, 11) is 0. The van der Waals surface area contributed by atoms with E-state index in [0.717, 1.165) is 44.2 Å². The first-order valence-electron chi connectivity index (χ1n) is 7.20. The van der Waals surface area contributed by atoms with Gasteiger partial charge in [0.25, 0.3) is 0 Å². The average Bonchev–Trinajstić information content (AvgIpc) is 2.29. The van der Waals surface area contributed by atoms with Gasteiger partial charge in [-0.1, -0.05) is 26.7 Å². The zero-order valence-corrected chi connectivity index (χ0v) is 11.2. The number of carbonyl (C=O) groups is 1. The zero-order chi connectivity index (χ0) is 12.3. The van der Waals surface area contributed by atoms with Gasteiger partial charge in [-0.15, -0.1) is 0 Å². The summed E-state index contributed by atoms with van der Waals surface area (Å²) in [4.78, 5) is 14.1. The topological polar surface area (TPSA) is 32.3 Å². The first-order valence-corrected chi connectivity index (χ1v) is 7.20. The predicted molar refractivity (Wildman–Crippen MR) is 69.9 cm³/mol. The molecule has 1 heterocycles. The van der Waals surface area contributed by atoms with E-state index in [9.17, 15) is 4.79 Å². The van der Waals surface area contributed by atoms with Crippen molar-refractivity contribution in [3.8, 4) is 0 Å². The number of nitrogens with zero attached hydrogens (tertiary/aromatic N) is 1. The van der Waals surface area contributed by atoms with Crippen molar-refractivity contribution in [1.29, 1.82) is 0 Å². The minimum Gasteiger partial charge on any atom is -0.335 e. The molecule has 0 radical (unpaired) electrons. The number of urea groups is 1. The molecule has 0 spiro atoms. The second kappa shape index (κ2) is 5.74. The Balaban J connectivity index is 1.76. The van der Waals surface area contributed by atoms with Gasteiger partial charge in [-0.3, -0.25) is 0 Å². The number of amides is 2. The van der Waals surface area contributed by atoms with Crippen LogP contribution in [0.1, 0.15) is 52.4 Å². The van der Waals surface area contributed by atoms with E-state index in [1.165, 1.54) is 19.3 Å². The molecule has 2 fully saturated rings. The van der Waals surface area contributed by atoms with Crippen LogP contribution in [0.5, 0.6) is 0 Å². The highest BCUT2D eigenvalue weighted by molar-refractivity contribution is 5.74. The number of hydrogen-bond donors (Lipinski definition) is 1. The fourth-order valence-electron chi connectivity index (χ4n) is 3.04. The first-order chi connectivity index (χ1) is 8.15. The van der Waals surface area contributed by atoms with Crippen LogP contribution in [-0.4, -0.2) is 30.1 Å². The molecule has 2 rings (SSSR count). The van der Waals surface area contributed by atoms with Crippen LogP contribution in [0, 0.1) is 11.8 Å². The van der Waals surface area contributed by atoms with Crippen molar-refractivity contribution in [3.05, 3.63) is 0 Å². The van der Waals surface area contributed by atoms with Gasteiger partial charge in [0.1, 0.15) is 0 Å². The Morgan fingerprint density at radius 3 is 2.41 bits per heavy atom. The summed E-state index contributed by atoms with van der Waals surface area (Å²) in [5.74, 6) is 1.56. The van der Waals surface area contributed by atoms with Crippen LogP contribution in [0.25, 0.3) is 0 Å². The van der Waals surface area contributed by atoms with E-state index in [-0.39, 0.29) is 6.03 Å². The third-order valence-electron chi connectivity index (χ3n) is 4.33. The monoisotopic (exact) mass is 238 g/mol. The Labute approximate surface area is 105 Å². The maximum absolute atomic E-state index is 12.1. The van der Waals surface area contributed by atoms with Gasteiger partial charge >= 0.3 is 6.03 Å². The lowest BCUT2D eigenvalue weighted by molar-refractivity contribution is 0.165. The van der Waals surface area contributed by atoms with Crippen LogP contribution >= 0.6 is 0 Å². The van der Waals surface area contributed by atoms with Crippen LogP contribution in [0.4, 0.5) is 4.79 Å². The van der Waals surface area contributed by atoms with E-state index >= 15 is 0 Å². The molecule has 2 aliphatic rings. The number of rotatable bonds is 1. The molecule has 0 aromatic carbocycles. The molecule has 2 atom stereocenters. The van der Waals surface area contributed by atoms with Crippen molar-refractivity contribution in [1.82, 2.24) is 10.2 Å². The second-order valence-corrected chi connectivity index (χ2v) is 6.09. The van der Waals surface area contributed by atoms with Crippen LogP contribution in [-0.2, 0) is 0 Å². The summed E-state index contributed by atoms with van der Waals surface area (Å²) in [6.07, 6.45) is 7.25. The van der Waals surface area contributed by atoms with Crippen molar-refractivity contribution < 1.29 is 4.79 Å². The molecule has 1 aliphatic carbocycles. The van der Waals surface area contributed by atoms with Crippen LogP contribution in [0.15, 0.2) is 0 Å². The van der Waals surface area contributed by atoms with E-state index in [2.05, 4.69) is 19.2 Å². The van der Waals surface area contributed by atoms with E-state index in [1.807, 2.05) is 4.90 Å². The molecule has 0 bridgehead atoms. The van der Waals surface area contributed by atoms with Gasteiger partial charge in [-0.2, -0.15) is 0 Å². The summed E-state index contributed by atoms with van der Waals surface area (Å²) in [6.45, 7) is 6.45. The highest BCUT2D eigenvalue weighted by atomic mass is 16.2. The lowest BCUT2D eigenvalue weighted by atomic mass is 9.87. The highest BCUT2D eigenvalue weighted by Gasteiger charge is 2.24. The average molecular weight is 238 g/mol. The molecule has 1 N–H and O–H groups in total. The quantitative estimate of drug-likeness (QED) is 0.748. The fraction of sp³-hybridized carbons (Fsp3) is 0.929. The molecule has 0 aromatic heterocycles.